The maximum atomic E-state index is 12.6. The molecule has 2 fully saturated rings. The van der Waals surface area contributed by atoms with Gasteiger partial charge in [-0.2, -0.15) is 9.40 Å². The summed E-state index contributed by atoms with van der Waals surface area (Å²) in [6.45, 7) is 3.04. The predicted molar refractivity (Wildman–Crippen MR) is 78.7 cm³/mol. The van der Waals surface area contributed by atoms with E-state index in [0.29, 0.717) is 24.9 Å². The standard InChI is InChI=1S/C11H17ClN4O2S.ClH/c1-15-11(10(12)6-14-15)19(17,18)16-3-2-8-4-13-5-9(8)7-16;/h6,8-9,13H,2-5,7H2,1H3;1H. The van der Waals surface area contributed by atoms with Crippen LogP contribution in [0.4, 0.5) is 0 Å². The second-order valence-electron chi connectivity index (χ2n) is 5.25. The molecule has 2 aliphatic rings. The summed E-state index contributed by atoms with van der Waals surface area (Å²) in [5.41, 5.74) is 0. The normalized spacial score (nSPS) is 27.1. The minimum atomic E-state index is -3.54. The molecular formula is C11H18Cl2N4O2S. The van der Waals surface area contributed by atoms with Gasteiger partial charge in [0.2, 0.25) is 0 Å². The fourth-order valence-electron chi connectivity index (χ4n) is 3.03. The molecule has 3 rings (SSSR count). The van der Waals surface area contributed by atoms with E-state index in [1.54, 1.807) is 11.4 Å². The minimum absolute atomic E-state index is 0. The van der Waals surface area contributed by atoms with Crippen molar-refractivity contribution in [3.05, 3.63) is 11.2 Å². The number of aryl methyl sites for hydroxylation is 1. The molecule has 2 aliphatic heterocycles. The monoisotopic (exact) mass is 340 g/mol. The highest BCUT2D eigenvalue weighted by Crippen LogP contribution is 2.31. The Morgan fingerprint density at radius 3 is 2.75 bits per heavy atom. The smallest absolute Gasteiger partial charge is 0.261 e. The van der Waals surface area contributed by atoms with Crippen LogP contribution in [-0.4, -0.2) is 48.7 Å². The van der Waals surface area contributed by atoms with E-state index in [9.17, 15) is 8.42 Å². The third-order valence-corrected chi connectivity index (χ3v) is 6.47. The molecule has 0 saturated carbocycles. The molecule has 114 valence electrons. The number of halogens is 2. The Morgan fingerprint density at radius 2 is 2.10 bits per heavy atom. The Morgan fingerprint density at radius 1 is 1.40 bits per heavy atom. The molecule has 1 aromatic rings. The fraction of sp³-hybridized carbons (Fsp3) is 0.727. The highest BCUT2D eigenvalue weighted by atomic mass is 35.5. The first-order valence-electron chi connectivity index (χ1n) is 6.38. The lowest BCUT2D eigenvalue weighted by Crippen LogP contribution is -2.43. The highest BCUT2D eigenvalue weighted by Gasteiger charge is 2.39. The lowest BCUT2D eigenvalue weighted by molar-refractivity contribution is 0.227. The van der Waals surface area contributed by atoms with E-state index < -0.39 is 10.0 Å². The van der Waals surface area contributed by atoms with E-state index in [1.165, 1.54) is 10.9 Å². The van der Waals surface area contributed by atoms with Crippen molar-refractivity contribution in [2.75, 3.05) is 26.2 Å². The number of sulfonamides is 1. The zero-order valence-electron chi connectivity index (χ0n) is 11.1. The van der Waals surface area contributed by atoms with Crippen LogP contribution in [-0.2, 0) is 17.1 Å². The van der Waals surface area contributed by atoms with E-state index in [2.05, 4.69) is 10.4 Å². The van der Waals surface area contributed by atoms with Gasteiger partial charge in [0.1, 0.15) is 0 Å². The molecular weight excluding hydrogens is 323 g/mol. The van der Waals surface area contributed by atoms with Crippen molar-refractivity contribution < 1.29 is 8.42 Å². The quantitative estimate of drug-likeness (QED) is 0.861. The second kappa shape index (κ2) is 5.81. The zero-order chi connectivity index (χ0) is 13.6. The van der Waals surface area contributed by atoms with Gasteiger partial charge in [-0.3, -0.25) is 4.68 Å². The zero-order valence-corrected chi connectivity index (χ0v) is 13.5. The number of hydrogen-bond acceptors (Lipinski definition) is 4. The summed E-state index contributed by atoms with van der Waals surface area (Å²) >= 11 is 5.96. The van der Waals surface area contributed by atoms with Crippen LogP contribution in [0.15, 0.2) is 11.2 Å². The summed E-state index contributed by atoms with van der Waals surface area (Å²) in [6, 6.07) is 0. The Kier molecular flexibility index (Phi) is 4.66. The Bertz CT molecular complexity index is 570. The Balaban J connectivity index is 0.00000147. The van der Waals surface area contributed by atoms with Crippen molar-refractivity contribution in [2.45, 2.75) is 11.4 Å². The van der Waals surface area contributed by atoms with Crippen LogP contribution in [0.5, 0.6) is 0 Å². The SMILES string of the molecule is Cl.Cn1ncc(Cl)c1S(=O)(=O)N1CCC2CNCC2C1. The molecule has 9 heteroatoms. The second-order valence-corrected chi connectivity index (χ2v) is 7.51. The van der Waals surface area contributed by atoms with Crippen LogP contribution in [0, 0.1) is 11.8 Å². The van der Waals surface area contributed by atoms with Gasteiger partial charge in [0.15, 0.2) is 5.03 Å². The van der Waals surface area contributed by atoms with Crippen LogP contribution in [0.25, 0.3) is 0 Å². The largest absolute Gasteiger partial charge is 0.316 e. The number of piperidine rings is 1. The molecule has 0 aliphatic carbocycles. The molecule has 2 unspecified atom stereocenters. The molecule has 1 aromatic heterocycles. The van der Waals surface area contributed by atoms with Gasteiger partial charge in [-0.15, -0.1) is 12.4 Å². The maximum absolute atomic E-state index is 12.6. The van der Waals surface area contributed by atoms with Gasteiger partial charge < -0.3 is 5.32 Å². The average Bonchev–Trinajstić information content (AvgIpc) is 2.95. The number of aromatic nitrogens is 2. The lowest BCUT2D eigenvalue weighted by Gasteiger charge is -2.33. The van der Waals surface area contributed by atoms with Crippen molar-refractivity contribution in [1.29, 1.82) is 0 Å². The summed E-state index contributed by atoms with van der Waals surface area (Å²) in [4.78, 5) is 0. The van der Waals surface area contributed by atoms with E-state index in [4.69, 9.17) is 11.6 Å². The highest BCUT2D eigenvalue weighted by molar-refractivity contribution is 7.89. The molecule has 0 spiro atoms. The predicted octanol–water partition coefficient (Wildman–Crippen LogP) is 0.725. The third-order valence-electron chi connectivity index (χ3n) is 4.09. The van der Waals surface area contributed by atoms with Gasteiger partial charge in [0, 0.05) is 20.1 Å². The van der Waals surface area contributed by atoms with Gasteiger partial charge in [0.05, 0.1) is 11.2 Å². The summed E-state index contributed by atoms with van der Waals surface area (Å²) in [5.74, 6) is 1.02. The van der Waals surface area contributed by atoms with Gasteiger partial charge in [-0.05, 0) is 31.3 Å². The molecule has 2 atom stereocenters. The molecule has 6 nitrogen and oxygen atoms in total. The van der Waals surface area contributed by atoms with Crippen molar-refractivity contribution >= 4 is 34.0 Å². The summed E-state index contributed by atoms with van der Waals surface area (Å²) in [5, 5.41) is 7.52. The van der Waals surface area contributed by atoms with Crippen LogP contribution >= 0.6 is 24.0 Å². The van der Waals surface area contributed by atoms with Crippen molar-refractivity contribution in [1.82, 2.24) is 19.4 Å². The molecule has 0 aromatic carbocycles. The Labute approximate surface area is 129 Å². The van der Waals surface area contributed by atoms with Crippen LogP contribution in [0.3, 0.4) is 0 Å². The summed E-state index contributed by atoms with van der Waals surface area (Å²) in [7, 11) is -1.94. The Hall–Kier alpha value is -0.340. The molecule has 3 heterocycles. The number of rotatable bonds is 2. The van der Waals surface area contributed by atoms with E-state index >= 15 is 0 Å². The van der Waals surface area contributed by atoms with Gasteiger partial charge in [0.25, 0.3) is 10.0 Å². The third kappa shape index (κ3) is 2.57. The molecule has 0 amide bonds. The summed E-state index contributed by atoms with van der Waals surface area (Å²) < 4.78 is 28.2. The molecule has 20 heavy (non-hydrogen) atoms. The lowest BCUT2D eigenvalue weighted by atomic mass is 9.90. The fourth-order valence-corrected chi connectivity index (χ4v) is 5.15. The van der Waals surface area contributed by atoms with Gasteiger partial charge >= 0.3 is 0 Å². The number of nitrogens with zero attached hydrogens (tertiary/aromatic N) is 3. The average molecular weight is 341 g/mol. The first-order chi connectivity index (χ1) is 9.00. The number of fused-ring (bicyclic) bond motifs is 1. The van der Waals surface area contributed by atoms with E-state index in [1.807, 2.05) is 0 Å². The molecule has 2 saturated heterocycles. The van der Waals surface area contributed by atoms with E-state index in [-0.39, 0.29) is 22.5 Å². The maximum Gasteiger partial charge on any atom is 0.261 e. The van der Waals surface area contributed by atoms with Crippen LogP contribution in [0.1, 0.15) is 6.42 Å². The van der Waals surface area contributed by atoms with Crippen LogP contribution < -0.4 is 5.32 Å². The minimum Gasteiger partial charge on any atom is -0.316 e. The topological polar surface area (TPSA) is 67.2 Å². The van der Waals surface area contributed by atoms with Crippen LogP contribution in [0.2, 0.25) is 5.02 Å². The van der Waals surface area contributed by atoms with Crippen molar-refractivity contribution in [3.63, 3.8) is 0 Å². The van der Waals surface area contributed by atoms with Crippen molar-refractivity contribution in [3.8, 4) is 0 Å². The molecule has 1 N–H and O–H groups in total. The van der Waals surface area contributed by atoms with Crippen molar-refractivity contribution in [2.24, 2.45) is 18.9 Å². The molecule has 0 radical (unpaired) electrons. The van der Waals surface area contributed by atoms with Gasteiger partial charge in [-0.25, -0.2) is 8.42 Å². The van der Waals surface area contributed by atoms with E-state index in [0.717, 1.165) is 19.5 Å². The molecule has 0 bridgehead atoms. The number of nitrogens with one attached hydrogen (secondary N) is 1. The first-order valence-corrected chi connectivity index (χ1v) is 8.20. The first kappa shape index (κ1) is 16.0. The number of hydrogen-bond donors (Lipinski definition) is 1. The summed E-state index contributed by atoms with van der Waals surface area (Å²) in [6.07, 6.45) is 2.28. The van der Waals surface area contributed by atoms with Gasteiger partial charge in [-0.1, -0.05) is 11.6 Å².